The predicted octanol–water partition coefficient (Wildman–Crippen LogP) is 0.809. The van der Waals surface area contributed by atoms with E-state index in [1.807, 2.05) is 11.9 Å². The van der Waals surface area contributed by atoms with Crippen molar-refractivity contribution in [1.29, 1.82) is 0 Å². The number of carbonyl (C=O) groups excluding carboxylic acids is 1. The van der Waals surface area contributed by atoms with Crippen LogP contribution in [0.1, 0.15) is 39.0 Å². The molecule has 2 atom stereocenters. The third-order valence-electron chi connectivity index (χ3n) is 3.97. The van der Waals surface area contributed by atoms with Gasteiger partial charge in [-0.1, -0.05) is 0 Å². The van der Waals surface area contributed by atoms with Gasteiger partial charge in [-0.2, -0.15) is 0 Å². The van der Waals surface area contributed by atoms with Crippen LogP contribution in [-0.4, -0.2) is 54.0 Å². The van der Waals surface area contributed by atoms with Gasteiger partial charge in [-0.05, 0) is 45.6 Å². The van der Waals surface area contributed by atoms with Crippen molar-refractivity contribution >= 4 is 5.91 Å². The van der Waals surface area contributed by atoms with Gasteiger partial charge in [0.1, 0.15) is 0 Å². The fourth-order valence-corrected chi connectivity index (χ4v) is 2.75. The summed E-state index contributed by atoms with van der Waals surface area (Å²) in [7, 11) is 1.94. The van der Waals surface area contributed by atoms with E-state index in [0.29, 0.717) is 18.6 Å². The fourth-order valence-electron chi connectivity index (χ4n) is 2.75. The Bertz CT molecular complexity index is 276. The highest BCUT2D eigenvalue weighted by molar-refractivity contribution is 5.78. The number of rotatable bonds is 5. The standard InChI is InChI=1S/C13H25N3O/c1-10(14)8-12-4-3-7-16(12)9-13(17)15(2)11-5-6-11/h10-12H,3-9,14H2,1-2H3. The van der Waals surface area contributed by atoms with Gasteiger partial charge in [-0.3, -0.25) is 9.69 Å². The van der Waals surface area contributed by atoms with Crippen LogP contribution in [0.2, 0.25) is 0 Å². The number of hydrogen-bond donors (Lipinski definition) is 1. The molecule has 0 aromatic heterocycles. The Kier molecular flexibility index (Phi) is 4.05. The molecule has 98 valence electrons. The number of nitrogens with zero attached hydrogens (tertiary/aromatic N) is 2. The summed E-state index contributed by atoms with van der Waals surface area (Å²) in [6, 6.07) is 1.28. The second-order valence-electron chi connectivity index (χ2n) is 5.72. The first-order chi connectivity index (χ1) is 8.08. The van der Waals surface area contributed by atoms with Crippen molar-refractivity contribution in [1.82, 2.24) is 9.80 Å². The maximum absolute atomic E-state index is 12.1. The topological polar surface area (TPSA) is 49.6 Å². The van der Waals surface area contributed by atoms with Crippen molar-refractivity contribution in [3.05, 3.63) is 0 Å². The quantitative estimate of drug-likeness (QED) is 0.772. The van der Waals surface area contributed by atoms with Crippen molar-refractivity contribution in [2.24, 2.45) is 5.73 Å². The van der Waals surface area contributed by atoms with Crippen LogP contribution in [-0.2, 0) is 4.79 Å². The average Bonchev–Trinajstić information content (AvgIpc) is 3.02. The largest absolute Gasteiger partial charge is 0.342 e. The second kappa shape index (κ2) is 5.36. The van der Waals surface area contributed by atoms with Gasteiger partial charge in [0.25, 0.3) is 0 Å². The number of nitrogens with two attached hydrogens (primary N) is 1. The second-order valence-corrected chi connectivity index (χ2v) is 5.72. The molecule has 1 amide bonds. The molecule has 2 fully saturated rings. The van der Waals surface area contributed by atoms with E-state index in [-0.39, 0.29) is 11.9 Å². The maximum atomic E-state index is 12.1. The van der Waals surface area contributed by atoms with Gasteiger partial charge in [-0.25, -0.2) is 0 Å². The van der Waals surface area contributed by atoms with Gasteiger partial charge in [0, 0.05) is 25.2 Å². The van der Waals surface area contributed by atoms with E-state index in [1.165, 1.54) is 25.7 Å². The minimum Gasteiger partial charge on any atom is -0.342 e. The maximum Gasteiger partial charge on any atom is 0.236 e. The molecule has 1 aliphatic carbocycles. The van der Waals surface area contributed by atoms with Crippen LogP contribution in [0.5, 0.6) is 0 Å². The summed E-state index contributed by atoms with van der Waals surface area (Å²) in [6.45, 7) is 3.70. The Morgan fingerprint density at radius 3 is 2.76 bits per heavy atom. The molecule has 0 bridgehead atoms. The van der Waals surface area contributed by atoms with Crippen molar-refractivity contribution in [2.45, 2.75) is 57.2 Å². The number of amides is 1. The molecule has 2 unspecified atom stereocenters. The summed E-state index contributed by atoms with van der Waals surface area (Å²) in [5.41, 5.74) is 5.86. The number of carbonyl (C=O) groups is 1. The van der Waals surface area contributed by atoms with E-state index in [1.54, 1.807) is 0 Å². The van der Waals surface area contributed by atoms with Crippen LogP contribution in [0.3, 0.4) is 0 Å². The lowest BCUT2D eigenvalue weighted by atomic mass is 10.1. The molecule has 0 aromatic carbocycles. The Balaban J connectivity index is 1.82. The summed E-state index contributed by atoms with van der Waals surface area (Å²) < 4.78 is 0. The van der Waals surface area contributed by atoms with E-state index >= 15 is 0 Å². The molecule has 1 heterocycles. The van der Waals surface area contributed by atoms with Crippen LogP contribution in [0.15, 0.2) is 0 Å². The molecular formula is C13H25N3O. The van der Waals surface area contributed by atoms with Gasteiger partial charge in [-0.15, -0.1) is 0 Å². The third kappa shape index (κ3) is 3.42. The number of likely N-dealkylation sites (tertiary alicyclic amines) is 1. The van der Waals surface area contributed by atoms with Gasteiger partial charge >= 0.3 is 0 Å². The van der Waals surface area contributed by atoms with E-state index in [2.05, 4.69) is 11.8 Å². The zero-order valence-electron chi connectivity index (χ0n) is 11.1. The fraction of sp³-hybridized carbons (Fsp3) is 0.923. The number of likely N-dealkylation sites (N-methyl/N-ethyl adjacent to an activating group) is 1. The smallest absolute Gasteiger partial charge is 0.236 e. The third-order valence-corrected chi connectivity index (χ3v) is 3.97. The molecule has 2 aliphatic rings. The Morgan fingerprint density at radius 2 is 2.18 bits per heavy atom. The molecule has 1 saturated heterocycles. The van der Waals surface area contributed by atoms with Gasteiger partial charge in [0.05, 0.1) is 6.54 Å². The SMILES string of the molecule is CC(N)CC1CCCN1CC(=O)N(C)C1CC1. The van der Waals surface area contributed by atoms with Crippen LogP contribution < -0.4 is 5.73 Å². The summed E-state index contributed by atoms with van der Waals surface area (Å²) in [5, 5.41) is 0. The summed E-state index contributed by atoms with van der Waals surface area (Å²) in [6.07, 6.45) is 5.79. The lowest BCUT2D eigenvalue weighted by Gasteiger charge is -2.27. The lowest BCUT2D eigenvalue weighted by Crippen LogP contribution is -2.42. The van der Waals surface area contributed by atoms with Crippen LogP contribution in [0.4, 0.5) is 0 Å². The highest BCUT2D eigenvalue weighted by Crippen LogP contribution is 2.26. The Labute approximate surface area is 104 Å². The van der Waals surface area contributed by atoms with Crippen LogP contribution in [0.25, 0.3) is 0 Å². The number of hydrogen-bond acceptors (Lipinski definition) is 3. The lowest BCUT2D eigenvalue weighted by molar-refractivity contribution is -0.131. The van der Waals surface area contributed by atoms with Gasteiger partial charge < -0.3 is 10.6 Å². The summed E-state index contributed by atoms with van der Waals surface area (Å²) in [4.78, 5) is 16.3. The summed E-state index contributed by atoms with van der Waals surface area (Å²) >= 11 is 0. The van der Waals surface area contributed by atoms with Crippen molar-refractivity contribution in [3.63, 3.8) is 0 Å². The Morgan fingerprint density at radius 1 is 1.47 bits per heavy atom. The first-order valence-electron chi connectivity index (χ1n) is 6.83. The average molecular weight is 239 g/mol. The predicted molar refractivity (Wildman–Crippen MR) is 68.7 cm³/mol. The molecule has 2 N–H and O–H groups in total. The normalized spacial score (nSPS) is 27.1. The zero-order valence-corrected chi connectivity index (χ0v) is 11.1. The van der Waals surface area contributed by atoms with Crippen LogP contribution >= 0.6 is 0 Å². The molecule has 4 nitrogen and oxygen atoms in total. The van der Waals surface area contributed by atoms with Crippen molar-refractivity contribution in [2.75, 3.05) is 20.1 Å². The minimum absolute atomic E-state index is 0.233. The molecular weight excluding hydrogens is 214 g/mol. The molecule has 1 aliphatic heterocycles. The van der Waals surface area contributed by atoms with Crippen molar-refractivity contribution < 1.29 is 4.79 Å². The van der Waals surface area contributed by atoms with E-state index in [9.17, 15) is 4.79 Å². The van der Waals surface area contributed by atoms with Crippen molar-refractivity contribution in [3.8, 4) is 0 Å². The summed E-state index contributed by atoms with van der Waals surface area (Å²) in [5.74, 6) is 0.282. The van der Waals surface area contributed by atoms with Gasteiger partial charge in [0.15, 0.2) is 0 Å². The zero-order chi connectivity index (χ0) is 12.4. The minimum atomic E-state index is 0.233. The molecule has 0 radical (unpaired) electrons. The Hall–Kier alpha value is -0.610. The van der Waals surface area contributed by atoms with E-state index in [0.717, 1.165) is 13.0 Å². The molecule has 2 rings (SSSR count). The molecule has 0 aromatic rings. The highest BCUT2D eigenvalue weighted by atomic mass is 16.2. The highest BCUT2D eigenvalue weighted by Gasteiger charge is 2.32. The molecule has 1 saturated carbocycles. The van der Waals surface area contributed by atoms with E-state index < -0.39 is 0 Å². The molecule has 17 heavy (non-hydrogen) atoms. The first-order valence-corrected chi connectivity index (χ1v) is 6.83. The molecule has 4 heteroatoms. The first kappa shape index (κ1) is 12.8. The van der Waals surface area contributed by atoms with E-state index in [4.69, 9.17) is 5.73 Å². The van der Waals surface area contributed by atoms with Crippen LogP contribution in [0, 0.1) is 0 Å². The monoisotopic (exact) mass is 239 g/mol. The van der Waals surface area contributed by atoms with Gasteiger partial charge in [0.2, 0.25) is 5.91 Å². The molecule has 0 spiro atoms.